The second-order valence-corrected chi connectivity index (χ2v) is 3.68. The molecule has 1 aliphatic rings. The first-order chi connectivity index (χ1) is 7.79. The van der Waals surface area contributed by atoms with Crippen molar-refractivity contribution in [3.05, 3.63) is 65.0 Å². The number of rotatable bonds is 3. The first-order valence-electron chi connectivity index (χ1n) is 5.16. The van der Waals surface area contributed by atoms with E-state index in [-0.39, 0.29) is 5.78 Å². The maximum Gasteiger partial charge on any atom is 0.187 e. The third kappa shape index (κ3) is 2.26. The number of ketones is 1. The largest absolute Gasteiger partial charge is 0.294 e. The number of nitrogens with zero attached hydrogens (tertiary/aromatic N) is 1. The van der Waals surface area contributed by atoms with Crippen molar-refractivity contribution in [1.29, 1.82) is 0 Å². The van der Waals surface area contributed by atoms with Crippen LogP contribution in [0.15, 0.2) is 48.1 Å². The molecule has 0 radical (unpaired) electrons. The Labute approximate surface area is 94.7 Å². The highest BCUT2D eigenvalue weighted by Gasteiger charge is 2.09. The van der Waals surface area contributed by atoms with E-state index in [1.807, 2.05) is 30.4 Å². The number of allylic oxidation sites excluding steroid dienone is 4. The Balaban J connectivity index is 2.06. The van der Waals surface area contributed by atoms with E-state index in [9.17, 15) is 4.79 Å². The van der Waals surface area contributed by atoms with Crippen LogP contribution in [0.1, 0.15) is 12.0 Å². The van der Waals surface area contributed by atoms with Crippen molar-refractivity contribution in [2.24, 2.45) is 0 Å². The molecule has 0 saturated heterocycles. The van der Waals surface area contributed by atoms with Crippen LogP contribution in [0.4, 0.5) is 5.69 Å². The van der Waals surface area contributed by atoms with Crippen molar-refractivity contribution in [2.45, 2.75) is 12.8 Å². The maximum atomic E-state index is 11.8. The Morgan fingerprint density at radius 1 is 1.31 bits per heavy atom. The summed E-state index contributed by atoms with van der Waals surface area (Å²) >= 11 is 0. The molecule has 2 nitrogen and oxygen atoms in total. The zero-order valence-electron chi connectivity index (χ0n) is 8.81. The number of hydrogen-bond donors (Lipinski definition) is 0. The molecule has 0 N–H and O–H groups in total. The topological polar surface area (TPSA) is 21.4 Å². The van der Waals surface area contributed by atoms with E-state index in [0.29, 0.717) is 12.1 Å². The second kappa shape index (κ2) is 4.59. The van der Waals surface area contributed by atoms with Gasteiger partial charge in [0.2, 0.25) is 0 Å². The molecule has 0 unspecified atom stereocenters. The van der Waals surface area contributed by atoms with Crippen LogP contribution in [0.5, 0.6) is 0 Å². The summed E-state index contributed by atoms with van der Waals surface area (Å²) in [5, 5.41) is 0. The number of hydrogen-bond acceptors (Lipinski definition) is 1. The van der Waals surface area contributed by atoms with Crippen LogP contribution < -0.4 is 0 Å². The van der Waals surface area contributed by atoms with Gasteiger partial charge in [-0.1, -0.05) is 42.5 Å². The quantitative estimate of drug-likeness (QED) is 0.700. The Hall–Kier alpha value is -2.14. The fraction of sp³-hybridized carbons (Fsp3) is 0.143. The standard InChI is InChI=1S/C14H11NO/c1-15-13-8-6-11(7-9-13)10-14(16)12-4-2-3-5-12/h2,4-9H,3,10H2. The summed E-state index contributed by atoms with van der Waals surface area (Å²) in [6.07, 6.45) is 7.06. The van der Waals surface area contributed by atoms with Crippen molar-refractivity contribution < 1.29 is 4.79 Å². The summed E-state index contributed by atoms with van der Waals surface area (Å²) in [7, 11) is 0. The molecule has 0 heterocycles. The average Bonchev–Trinajstić information content (AvgIpc) is 2.83. The lowest BCUT2D eigenvalue weighted by atomic mass is 10.0. The van der Waals surface area contributed by atoms with Crippen LogP contribution >= 0.6 is 0 Å². The summed E-state index contributed by atoms with van der Waals surface area (Å²) in [6, 6.07) is 7.16. The van der Waals surface area contributed by atoms with Gasteiger partial charge in [0.05, 0.1) is 6.57 Å². The van der Waals surface area contributed by atoms with Gasteiger partial charge < -0.3 is 0 Å². The molecule has 0 amide bonds. The fourth-order valence-corrected chi connectivity index (χ4v) is 1.64. The highest BCUT2D eigenvalue weighted by atomic mass is 16.1. The minimum Gasteiger partial charge on any atom is -0.294 e. The van der Waals surface area contributed by atoms with Gasteiger partial charge in [-0.05, 0) is 12.0 Å². The molecule has 16 heavy (non-hydrogen) atoms. The van der Waals surface area contributed by atoms with Gasteiger partial charge in [0.1, 0.15) is 0 Å². The second-order valence-electron chi connectivity index (χ2n) is 3.68. The van der Waals surface area contributed by atoms with Crippen LogP contribution in [0.3, 0.4) is 0 Å². The minimum absolute atomic E-state index is 0.143. The van der Waals surface area contributed by atoms with E-state index >= 15 is 0 Å². The molecule has 0 saturated carbocycles. The number of carbonyl (C=O) groups is 1. The van der Waals surface area contributed by atoms with Crippen molar-refractivity contribution in [3.8, 4) is 0 Å². The van der Waals surface area contributed by atoms with E-state index < -0.39 is 0 Å². The minimum atomic E-state index is 0.143. The Bertz CT molecular complexity index is 501. The van der Waals surface area contributed by atoms with Gasteiger partial charge in [0, 0.05) is 12.0 Å². The summed E-state index contributed by atoms with van der Waals surface area (Å²) in [5.41, 5.74) is 2.36. The predicted octanol–water partition coefficient (Wildman–Crippen LogP) is 3.24. The summed E-state index contributed by atoms with van der Waals surface area (Å²) in [5.74, 6) is 0.143. The third-order valence-corrected chi connectivity index (χ3v) is 2.52. The van der Waals surface area contributed by atoms with Crippen molar-refractivity contribution in [2.75, 3.05) is 0 Å². The highest BCUT2D eigenvalue weighted by molar-refractivity contribution is 5.99. The SMILES string of the molecule is [C-]#[N+]c1ccc(CC(=O)C2=CCC=C2)cc1. The highest BCUT2D eigenvalue weighted by Crippen LogP contribution is 2.16. The Kier molecular flexibility index (Phi) is 2.98. The van der Waals surface area contributed by atoms with Gasteiger partial charge in [0.25, 0.3) is 0 Å². The monoisotopic (exact) mass is 209 g/mol. The zero-order chi connectivity index (χ0) is 11.4. The Morgan fingerprint density at radius 2 is 2.06 bits per heavy atom. The van der Waals surface area contributed by atoms with Gasteiger partial charge in [-0.3, -0.25) is 4.79 Å². The predicted molar refractivity (Wildman–Crippen MR) is 63.3 cm³/mol. The van der Waals surface area contributed by atoms with Crippen LogP contribution in [0.25, 0.3) is 4.85 Å². The van der Waals surface area contributed by atoms with Gasteiger partial charge in [0.15, 0.2) is 11.5 Å². The smallest absolute Gasteiger partial charge is 0.187 e. The molecule has 0 bridgehead atoms. The Morgan fingerprint density at radius 3 is 2.62 bits per heavy atom. The maximum absolute atomic E-state index is 11.8. The first kappa shape index (κ1) is 10.4. The van der Waals surface area contributed by atoms with E-state index in [1.54, 1.807) is 12.1 Å². The van der Waals surface area contributed by atoms with Crippen LogP contribution in [0, 0.1) is 6.57 Å². The van der Waals surface area contributed by atoms with Crippen LogP contribution in [-0.4, -0.2) is 5.78 Å². The number of Topliss-reactive ketones (excluding diaryl/α,β-unsaturated/α-hetero) is 1. The summed E-state index contributed by atoms with van der Waals surface area (Å²) in [4.78, 5) is 15.1. The molecular formula is C14H11NO. The molecule has 1 aromatic rings. The number of carbonyl (C=O) groups excluding carboxylic acids is 1. The van der Waals surface area contributed by atoms with E-state index in [4.69, 9.17) is 6.57 Å². The summed E-state index contributed by atoms with van der Waals surface area (Å²) in [6.45, 7) is 6.83. The fourth-order valence-electron chi connectivity index (χ4n) is 1.64. The molecule has 2 rings (SSSR count). The van der Waals surface area contributed by atoms with E-state index in [1.165, 1.54) is 0 Å². The van der Waals surface area contributed by atoms with Crippen molar-refractivity contribution >= 4 is 11.5 Å². The molecule has 0 aliphatic heterocycles. The summed E-state index contributed by atoms with van der Waals surface area (Å²) < 4.78 is 0. The molecule has 0 fully saturated rings. The van der Waals surface area contributed by atoms with Crippen LogP contribution in [0.2, 0.25) is 0 Å². The van der Waals surface area contributed by atoms with Gasteiger partial charge in [-0.2, -0.15) is 0 Å². The van der Waals surface area contributed by atoms with E-state index in [0.717, 1.165) is 17.6 Å². The normalized spacial score (nSPS) is 13.3. The molecule has 1 aliphatic carbocycles. The van der Waals surface area contributed by atoms with E-state index in [2.05, 4.69) is 4.85 Å². The molecule has 0 aromatic heterocycles. The van der Waals surface area contributed by atoms with Gasteiger partial charge in [-0.25, -0.2) is 4.85 Å². The van der Waals surface area contributed by atoms with Crippen molar-refractivity contribution in [1.82, 2.24) is 0 Å². The molecule has 2 heteroatoms. The first-order valence-corrected chi connectivity index (χ1v) is 5.16. The molecule has 78 valence electrons. The molecule has 1 aromatic carbocycles. The van der Waals surface area contributed by atoms with Crippen LogP contribution in [-0.2, 0) is 11.2 Å². The van der Waals surface area contributed by atoms with Gasteiger partial charge in [-0.15, -0.1) is 0 Å². The molecule has 0 atom stereocenters. The lowest BCUT2D eigenvalue weighted by molar-refractivity contribution is -0.114. The zero-order valence-corrected chi connectivity index (χ0v) is 8.81. The van der Waals surface area contributed by atoms with Crippen molar-refractivity contribution in [3.63, 3.8) is 0 Å². The third-order valence-electron chi connectivity index (χ3n) is 2.52. The lowest BCUT2D eigenvalue weighted by Gasteiger charge is -2.00. The van der Waals surface area contributed by atoms with Gasteiger partial charge >= 0.3 is 0 Å². The average molecular weight is 209 g/mol. The lowest BCUT2D eigenvalue weighted by Crippen LogP contribution is -2.03. The molecular weight excluding hydrogens is 198 g/mol. The number of benzene rings is 1. The molecule has 0 spiro atoms.